The second-order valence-corrected chi connectivity index (χ2v) is 3.28. The highest BCUT2D eigenvalue weighted by atomic mass is 16.5. The quantitative estimate of drug-likeness (QED) is 0.522. The Bertz CT molecular complexity index is 111. The fourth-order valence-corrected chi connectivity index (χ4v) is 2.17. The van der Waals surface area contributed by atoms with Crippen molar-refractivity contribution in [3.8, 4) is 0 Å². The molecule has 0 aromatic heterocycles. The number of fused-ring (bicyclic) bond motifs is 2. The van der Waals surface area contributed by atoms with Gasteiger partial charge in [-0.2, -0.15) is 0 Å². The maximum Gasteiger partial charge on any atom is 0.0608 e. The van der Waals surface area contributed by atoms with Gasteiger partial charge in [0.05, 0.1) is 12.2 Å². The van der Waals surface area contributed by atoms with Crippen molar-refractivity contribution in [3.63, 3.8) is 0 Å². The summed E-state index contributed by atoms with van der Waals surface area (Å²) in [4.78, 5) is 0. The molecule has 9 heavy (non-hydrogen) atoms. The van der Waals surface area contributed by atoms with Crippen LogP contribution >= 0.6 is 0 Å². The monoisotopic (exact) mass is 126 g/mol. The average Bonchev–Trinajstić information content (AvgIpc) is 2.45. The van der Waals surface area contributed by atoms with Gasteiger partial charge in [-0.3, -0.25) is 0 Å². The van der Waals surface area contributed by atoms with Crippen molar-refractivity contribution in [3.05, 3.63) is 0 Å². The molecule has 0 radical (unpaired) electrons. The molecule has 0 aliphatic carbocycles. The zero-order valence-corrected chi connectivity index (χ0v) is 5.97. The van der Waals surface area contributed by atoms with Gasteiger partial charge in [-0.1, -0.05) is 13.3 Å². The first-order chi connectivity index (χ1) is 4.40. The van der Waals surface area contributed by atoms with Crippen LogP contribution in [0, 0.1) is 5.92 Å². The van der Waals surface area contributed by atoms with E-state index in [4.69, 9.17) is 4.74 Å². The van der Waals surface area contributed by atoms with Gasteiger partial charge in [-0.05, 0) is 25.2 Å². The SMILES string of the molecule is CC[C@@H]1C[C@H]2CC[C@@H]1O2. The first-order valence-electron chi connectivity index (χ1n) is 4.05. The fraction of sp³-hybridized carbons (Fsp3) is 1.00. The predicted octanol–water partition coefficient (Wildman–Crippen LogP) is 1.96. The second-order valence-electron chi connectivity index (χ2n) is 3.28. The summed E-state index contributed by atoms with van der Waals surface area (Å²) in [5, 5.41) is 0. The number of hydrogen-bond acceptors (Lipinski definition) is 1. The summed E-state index contributed by atoms with van der Waals surface area (Å²) in [6, 6.07) is 0. The van der Waals surface area contributed by atoms with E-state index in [1.807, 2.05) is 0 Å². The van der Waals surface area contributed by atoms with Crippen LogP contribution in [-0.4, -0.2) is 12.2 Å². The summed E-state index contributed by atoms with van der Waals surface area (Å²) in [5.74, 6) is 0.906. The number of rotatable bonds is 1. The Balaban J connectivity index is 2.01. The van der Waals surface area contributed by atoms with Gasteiger partial charge in [0.25, 0.3) is 0 Å². The maximum absolute atomic E-state index is 5.68. The van der Waals surface area contributed by atoms with Crippen molar-refractivity contribution >= 4 is 0 Å². The zero-order chi connectivity index (χ0) is 6.27. The molecule has 0 aromatic carbocycles. The molecule has 2 bridgehead atoms. The number of ether oxygens (including phenoxy) is 1. The minimum Gasteiger partial charge on any atom is -0.375 e. The number of hydrogen-bond donors (Lipinski definition) is 0. The van der Waals surface area contributed by atoms with Gasteiger partial charge < -0.3 is 4.74 Å². The van der Waals surface area contributed by atoms with Gasteiger partial charge in [0.1, 0.15) is 0 Å². The largest absolute Gasteiger partial charge is 0.375 e. The summed E-state index contributed by atoms with van der Waals surface area (Å²) in [7, 11) is 0. The standard InChI is InChI=1S/C8H14O/c1-2-6-5-7-3-4-8(6)9-7/h6-8H,2-5H2,1H3/t6-,7-,8+/m1/s1. The average molecular weight is 126 g/mol. The molecule has 2 aliphatic rings. The van der Waals surface area contributed by atoms with E-state index in [2.05, 4.69) is 6.92 Å². The van der Waals surface area contributed by atoms with Gasteiger partial charge in [0, 0.05) is 0 Å². The minimum atomic E-state index is 0.653. The van der Waals surface area contributed by atoms with Gasteiger partial charge in [-0.15, -0.1) is 0 Å². The fourth-order valence-electron chi connectivity index (χ4n) is 2.17. The lowest BCUT2D eigenvalue weighted by Gasteiger charge is -2.15. The molecule has 2 saturated heterocycles. The first-order valence-corrected chi connectivity index (χ1v) is 4.05. The third-order valence-electron chi connectivity index (χ3n) is 2.76. The van der Waals surface area contributed by atoms with Crippen molar-refractivity contribution in [2.75, 3.05) is 0 Å². The Morgan fingerprint density at radius 1 is 1.44 bits per heavy atom. The molecule has 2 fully saturated rings. The highest BCUT2D eigenvalue weighted by Gasteiger charge is 2.39. The van der Waals surface area contributed by atoms with Crippen LogP contribution in [0.5, 0.6) is 0 Å². The van der Waals surface area contributed by atoms with Crippen LogP contribution in [0.15, 0.2) is 0 Å². The van der Waals surface area contributed by atoms with E-state index >= 15 is 0 Å². The third kappa shape index (κ3) is 0.787. The molecule has 3 atom stereocenters. The molecule has 0 amide bonds. The molecule has 0 N–H and O–H groups in total. The smallest absolute Gasteiger partial charge is 0.0608 e. The third-order valence-corrected chi connectivity index (χ3v) is 2.76. The highest BCUT2D eigenvalue weighted by molar-refractivity contribution is 4.88. The molecule has 0 aromatic rings. The summed E-state index contributed by atoms with van der Waals surface area (Å²) >= 11 is 0. The van der Waals surface area contributed by atoms with Crippen LogP contribution in [0.1, 0.15) is 32.6 Å². The molecule has 2 rings (SSSR count). The Hall–Kier alpha value is -0.0400. The van der Waals surface area contributed by atoms with E-state index in [1.54, 1.807) is 0 Å². The van der Waals surface area contributed by atoms with E-state index in [1.165, 1.54) is 25.7 Å². The molecule has 1 nitrogen and oxygen atoms in total. The lowest BCUT2D eigenvalue weighted by molar-refractivity contribution is 0.0920. The Kier molecular flexibility index (Phi) is 1.26. The van der Waals surface area contributed by atoms with E-state index in [0.29, 0.717) is 12.2 Å². The van der Waals surface area contributed by atoms with Gasteiger partial charge in [0.15, 0.2) is 0 Å². The molecular weight excluding hydrogens is 112 g/mol. The Labute approximate surface area is 56.4 Å². The van der Waals surface area contributed by atoms with Gasteiger partial charge in [-0.25, -0.2) is 0 Å². The van der Waals surface area contributed by atoms with Gasteiger partial charge in [0.2, 0.25) is 0 Å². The first kappa shape index (κ1) is 5.72. The molecule has 1 heteroatoms. The molecule has 2 heterocycles. The zero-order valence-electron chi connectivity index (χ0n) is 5.97. The van der Waals surface area contributed by atoms with Crippen molar-refractivity contribution in [1.82, 2.24) is 0 Å². The summed E-state index contributed by atoms with van der Waals surface area (Å²) in [6.07, 6.45) is 6.65. The van der Waals surface area contributed by atoms with Crippen LogP contribution in [-0.2, 0) is 4.74 Å². The molecule has 2 aliphatic heterocycles. The molecule has 0 spiro atoms. The normalized spacial score (nSPS) is 48.3. The molecule has 52 valence electrons. The maximum atomic E-state index is 5.68. The lowest BCUT2D eigenvalue weighted by Crippen LogP contribution is -2.14. The minimum absolute atomic E-state index is 0.653. The molecule has 0 unspecified atom stereocenters. The van der Waals surface area contributed by atoms with Crippen LogP contribution in [0.25, 0.3) is 0 Å². The summed E-state index contributed by atoms with van der Waals surface area (Å²) in [6.45, 7) is 2.27. The van der Waals surface area contributed by atoms with Crippen LogP contribution in [0.4, 0.5) is 0 Å². The summed E-state index contributed by atoms with van der Waals surface area (Å²) in [5.41, 5.74) is 0. The van der Waals surface area contributed by atoms with Crippen molar-refractivity contribution in [2.45, 2.75) is 44.8 Å². The van der Waals surface area contributed by atoms with E-state index in [0.717, 1.165) is 5.92 Å². The Morgan fingerprint density at radius 3 is 2.67 bits per heavy atom. The van der Waals surface area contributed by atoms with E-state index < -0.39 is 0 Å². The van der Waals surface area contributed by atoms with Crippen LogP contribution < -0.4 is 0 Å². The van der Waals surface area contributed by atoms with E-state index in [-0.39, 0.29) is 0 Å². The molecular formula is C8H14O. The van der Waals surface area contributed by atoms with Crippen molar-refractivity contribution in [2.24, 2.45) is 5.92 Å². The van der Waals surface area contributed by atoms with E-state index in [9.17, 15) is 0 Å². The molecule has 0 saturated carbocycles. The topological polar surface area (TPSA) is 9.23 Å². The predicted molar refractivity (Wildman–Crippen MR) is 36.3 cm³/mol. The van der Waals surface area contributed by atoms with Crippen molar-refractivity contribution < 1.29 is 4.74 Å². The summed E-state index contributed by atoms with van der Waals surface area (Å²) < 4.78 is 5.68. The second kappa shape index (κ2) is 1.98. The Morgan fingerprint density at radius 2 is 2.33 bits per heavy atom. The van der Waals surface area contributed by atoms with Crippen LogP contribution in [0.2, 0.25) is 0 Å². The van der Waals surface area contributed by atoms with Crippen LogP contribution in [0.3, 0.4) is 0 Å². The lowest BCUT2D eigenvalue weighted by atomic mass is 9.88. The van der Waals surface area contributed by atoms with Crippen molar-refractivity contribution in [1.29, 1.82) is 0 Å². The van der Waals surface area contributed by atoms with Gasteiger partial charge >= 0.3 is 0 Å². The highest BCUT2D eigenvalue weighted by Crippen LogP contribution is 2.39.